The van der Waals surface area contributed by atoms with E-state index in [1.807, 2.05) is 19.1 Å². The summed E-state index contributed by atoms with van der Waals surface area (Å²) in [5.74, 6) is 3.76. The molecule has 0 aromatic heterocycles. The van der Waals surface area contributed by atoms with E-state index in [0.717, 1.165) is 5.56 Å². The van der Waals surface area contributed by atoms with Crippen LogP contribution in [0.2, 0.25) is 0 Å². The van der Waals surface area contributed by atoms with Gasteiger partial charge in [0.2, 0.25) is 0 Å². The fourth-order valence-corrected chi connectivity index (χ4v) is 1.69. The van der Waals surface area contributed by atoms with Gasteiger partial charge in [0.25, 0.3) is 0 Å². The monoisotopic (exact) mass is 247 g/mol. The minimum atomic E-state index is 0.000139. The Kier molecular flexibility index (Phi) is 5.54. The molecular weight excluding hydrogens is 226 g/mol. The molecule has 0 saturated carbocycles. The topological polar surface area (TPSA) is 41.5 Å². The zero-order valence-electron chi connectivity index (χ0n) is 11.2. The molecule has 1 aromatic rings. The highest BCUT2D eigenvalue weighted by Gasteiger charge is 2.12. The number of terminal acetylenes is 1. The maximum absolute atomic E-state index is 10.0. The molecule has 1 rings (SSSR count). The molecule has 0 spiro atoms. The summed E-state index contributed by atoms with van der Waals surface area (Å²) in [6, 6.07) is 5.48. The normalized spacial score (nSPS) is 12.2. The number of hydrogen-bond donors (Lipinski definition) is 2. The number of para-hydroxylation sites is 1. The van der Waals surface area contributed by atoms with Crippen LogP contribution in [0.3, 0.4) is 0 Å². The lowest BCUT2D eigenvalue weighted by Crippen LogP contribution is -2.31. The van der Waals surface area contributed by atoms with Crippen molar-refractivity contribution < 1.29 is 9.84 Å². The minimum absolute atomic E-state index is 0.000139. The van der Waals surface area contributed by atoms with Crippen LogP contribution in [0.5, 0.6) is 11.5 Å². The van der Waals surface area contributed by atoms with E-state index in [0.29, 0.717) is 24.8 Å². The molecule has 0 fully saturated rings. The van der Waals surface area contributed by atoms with Crippen LogP contribution in [0, 0.1) is 18.3 Å². The zero-order valence-corrected chi connectivity index (χ0v) is 11.2. The number of aromatic hydroxyl groups is 1. The predicted octanol–water partition coefficient (Wildman–Crippen LogP) is 2.54. The molecule has 0 aliphatic heterocycles. The van der Waals surface area contributed by atoms with Gasteiger partial charge >= 0.3 is 0 Å². The Balaban J connectivity index is 2.73. The second-order valence-corrected chi connectivity index (χ2v) is 4.47. The van der Waals surface area contributed by atoms with E-state index in [4.69, 9.17) is 11.2 Å². The van der Waals surface area contributed by atoms with Crippen LogP contribution in [0.4, 0.5) is 0 Å². The maximum Gasteiger partial charge on any atom is 0.162 e. The zero-order chi connectivity index (χ0) is 13.5. The number of hydrogen-bond acceptors (Lipinski definition) is 3. The third-order valence-electron chi connectivity index (χ3n) is 2.74. The van der Waals surface area contributed by atoms with Crippen molar-refractivity contribution in [2.45, 2.75) is 33.4 Å². The van der Waals surface area contributed by atoms with Crippen LogP contribution in [0.1, 0.15) is 26.3 Å². The van der Waals surface area contributed by atoms with E-state index in [9.17, 15) is 5.11 Å². The number of phenols is 1. The van der Waals surface area contributed by atoms with Gasteiger partial charge in [-0.3, -0.25) is 5.32 Å². The van der Waals surface area contributed by atoms with Crippen LogP contribution in [0.25, 0.3) is 0 Å². The predicted molar refractivity (Wildman–Crippen MR) is 73.6 cm³/mol. The van der Waals surface area contributed by atoms with Gasteiger partial charge in [0.05, 0.1) is 12.6 Å². The number of benzene rings is 1. The highest BCUT2D eigenvalue weighted by molar-refractivity contribution is 5.45. The summed E-state index contributed by atoms with van der Waals surface area (Å²) in [7, 11) is 0. The summed E-state index contributed by atoms with van der Waals surface area (Å²) in [5, 5.41) is 13.3. The Morgan fingerprint density at radius 2 is 2.17 bits per heavy atom. The molecular formula is C15H21NO2. The first-order chi connectivity index (χ1) is 8.60. The van der Waals surface area contributed by atoms with Gasteiger partial charge in [0, 0.05) is 12.1 Å². The van der Waals surface area contributed by atoms with Gasteiger partial charge in [-0.15, -0.1) is 6.42 Å². The molecule has 3 heteroatoms. The molecule has 3 nitrogen and oxygen atoms in total. The van der Waals surface area contributed by atoms with Gasteiger partial charge in [0.1, 0.15) is 0 Å². The molecule has 1 unspecified atom stereocenters. The van der Waals surface area contributed by atoms with E-state index < -0.39 is 0 Å². The van der Waals surface area contributed by atoms with Gasteiger partial charge in [0.15, 0.2) is 11.5 Å². The van der Waals surface area contributed by atoms with Crippen LogP contribution in [0.15, 0.2) is 18.2 Å². The van der Waals surface area contributed by atoms with Crippen molar-refractivity contribution in [1.29, 1.82) is 0 Å². The van der Waals surface area contributed by atoms with Crippen molar-refractivity contribution >= 4 is 0 Å². The lowest BCUT2D eigenvalue weighted by molar-refractivity contribution is 0.316. The average molecular weight is 247 g/mol. The SMILES string of the molecule is C#CC(NCc1cccc(OCC)c1O)C(C)C. The van der Waals surface area contributed by atoms with E-state index in [1.165, 1.54) is 0 Å². The van der Waals surface area contributed by atoms with Crippen molar-refractivity contribution in [2.75, 3.05) is 6.61 Å². The third-order valence-corrected chi connectivity index (χ3v) is 2.74. The largest absolute Gasteiger partial charge is 0.504 e. The molecule has 0 saturated heterocycles. The lowest BCUT2D eigenvalue weighted by atomic mass is 10.0. The molecule has 0 aliphatic rings. The molecule has 98 valence electrons. The van der Waals surface area contributed by atoms with Crippen LogP contribution < -0.4 is 10.1 Å². The summed E-state index contributed by atoms with van der Waals surface area (Å²) in [5.41, 5.74) is 0.793. The summed E-state index contributed by atoms with van der Waals surface area (Å²) >= 11 is 0. The van der Waals surface area contributed by atoms with Crippen molar-refractivity contribution in [1.82, 2.24) is 5.32 Å². The Labute approximate surface area is 109 Å². The molecule has 0 amide bonds. The first-order valence-corrected chi connectivity index (χ1v) is 6.23. The van der Waals surface area contributed by atoms with E-state index in [2.05, 4.69) is 25.1 Å². The van der Waals surface area contributed by atoms with Gasteiger partial charge in [-0.05, 0) is 18.9 Å². The summed E-state index contributed by atoms with van der Waals surface area (Å²) in [6.07, 6.45) is 5.45. The lowest BCUT2D eigenvalue weighted by Gasteiger charge is -2.17. The first kappa shape index (κ1) is 14.4. The standard InChI is InChI=1S/C15H21NO2/c1-5-13(11(3)4)16-10-12-8-7-9-14(15(12)17)18-6-2/h1,7-9,11,13,16-17H,6,10H2,2-4H3. The summed E-state index contributed by atoms with van der Waals surface area (Å²) in [6.45, 7) is 7.07. The fraction of sp³-hybridized carbons (Fsp3) is 0.467. The number of nitrogens with one attached hydrogen (secondary N) is 1. The molecule has 1 atom stereocenters. The summed E-state index contributed by atoms with van der Waals surface area (Å²) in [4.78, 5) is 0. The van der Waals surface area contributed by atoms with Crippen molar-refractivity contribution in [2.24, 2.45) is 5.92 Å². The fourth-order valence-electron chi connectivity index (χ4n) is 1.69. The van der Waals surface area contributed by atoms with Crippen LogP contribution >= 0.6 is 0 Å². The Morgan fingerprint density at radius 3 is 2.72 bits per heavy atom. The highest BCUT2D eigenvalue weighted by atomic mass is 16.5. The highest BCUT2D eigenvalue weighted by Crippen LogP contribution is 2.29. The maximum atomic E-state index is 10.0. The van der Waals surface area contributed by atoms with E-state index in [1.54, 1.807) is 6.07 Å². The van der Waals surface area contributed by atoms with Crippen molar-refractivity contribution in [3.8, 4) is 23.8 Å². The van der Waals surface area contributed by atoms with Crippen molar-refractivity contribution in [3.63, 3.8) is 0 Å². The molecule has 18 heavy (non-hydrogen) atoms. The number of phenolic OH excluding ortho intramolecular Hbond substituents is 1. The molecule has 0 bridgehead atoms. The molecule has 1 aromatic carbocycles. The van der Waals surface area contributed by atoms with Crippen molar-refractivity contribution in [3.05, 3.63) is 23.8 Å². The molecule has 0 aliphatic carbocycles. The third kappa shape index (κ3) is 3.68. The first-order valence-electron chi connectivity index (χ1n) is 6.23. The van der Waals surface area contributed by atoms with Gasteiger partial charge in [-0.1, -0.05) is 31.9 Å². The Bertz CT molecular complexity index is 421. The molecule has 0 heterocycles. The van der Waals surface area contributed by atoms with Gasteiger partial charge in [-0.2, -0.15) is 0 Å². The minimum Gasteiger partial charge on any atom is -0.504 e. The second-order valence-electron chi connectivity index (χ2n) is 4.47. The smallest absolute Gasteiger partial charge is 0.162 e. The molecule has 2 N–H and O–H groups in total. The van der Waals surface area contributed by atoms with Gasteiger partial charge in [-0.25, -0.2) is 0 Å². The Morgan fingerprint density at radius 1 is 1.44 bits per heavy atom. The van der Waals surface area contributed by atoms with Crippen LogP contribution in [-0.2, 0) is 6.54 Å². The second kappa shape index (κ2) is 6.93. The average Bonchev–Trinajstić information content (AvgIpc) is 2.34. The van der Waals surface area contributed by atoms with E-state index in [-0.39, 0.29) is 11.8 Å². The number of rotatable bonds is 6. The van der Waals surface area contributed by atoms with E-state index >= 15 is 0 Å². The summed E-state index contributed by atoms with van der Waals surface area (Å²) < 4.78 is 5.34. The van der Waals surface area contributed by atoms with Gasteiger partial charge < -0.3 is 9.84 Å². The number of ether oxygens (including phenoxy) is 1. The quantitative estimate of drug-likeness (QED) is 0.759. The molecule has 0 radical (unpaired) electrons. The Hall–Kier alpha value is -1.66. The van der Waals surface area contributed by atoms with Crippen LogP contribution in [-0.4, -0.2) is 17.8 Å².